The first kappa shape index (κ1) is 34.2. The molecule has 8 rings (SSSR count). The summed E-state index contributed by atoms with van der Waals surface area (Å²) < 4.78 is 43.1. The molecule has 0 unspecified atom stereocenters. The van der Waals surface area contributed by atoms with Gasteiger partial charge in [0.05, 0.1) is 11.3 Å². The highest BCUT2D eigenvalue weighted by Gasteiger charge is 2.53. The van der Waals surface area contributed by atoms with Gasteiger partial charge in [-0.1, -0.05) is 36.4 Å². The smallest absolute Gasteiger partial charge is 0.456 e. The number of aromatic nitrogens is 1. The van der Waals surface area contributed by atoms with Gasteiger partial charge in [0.1, 0.15) is 11.5 Å². The number of benzene rings is 4. The van der Waals surface area contributed by atoms with E-state index >= 15 is 0 Å². The van der Waals surface area contributed by atoms with E-state index in [1.54, 1.807) is 13.0 Å². The monoisotopic (exact) mass is 708 g/mol. The predicted octanol–water partition coefficient (Wildman–Crippen LogP) is 9.42. The van der Waals surface area contributed by atoms with Crippen molar-refractivity contribution in [2.45, 2.75) is 33.3 Å². The predicted molar refractivity (Wildman–Crippen MR) is 209 cm³/mol. The molecule has 0 aliphatic carbocycles. The quantitative estimate of drug-likeness (QED) is 0.130. The molecule has 5 aromatic rings. The third-order valence-corrected chi connectivity index (χ3v) is 10.5. The Balaban J connectivity index is 1.24. The fourth-order valence-electron chi connectivity index (χ4n) is 7.97. The average molecular weight is 709 g/mol. The van der Waals surface area contributed by atoms with Crippen LogP contribution in [0.5, 0.6) is 11.5 Å². The van der Waals surface area contributed by atoms with Crippen LogP contribution in [0.2, 0.25) is 0 Å². The maximum Gasteiger partial charge on any atom is 0.677 e. The number of hydrogen-bond acceptors (Lipinski definition) is 6. The van der Waals surface area contributed by atoms with Crippen LogP contribution >= 0.6 is 0 Å². The Morgan fingerprint density at radius 3 is 1.89 bits per heavy atom. The third-order valence-electron chi connectivity index (χ3n) is 10.5. The van der Waals surface area contributed by atoms with Crippen LogP contribution in [0.1, 0.15) is 63.4 Å². The minimum Gasteiger partial charge on any atom is -0.456 e. The van der Waals surface area contributed by atoms with Crippen molar-refractivity contribution in [2.75, 3.05) is 38.0 Å². The summed E-state index contributed by atoms with van der Waals surface area (Å²) in [4.78, 5) is 22.7. The van der Waals surface area contributed by atoms with Crippen molar-refractivity contribution in [1.29, 1.82) is 0 Å². The van der Waals surface area contributed by atoms with E-state index < -0.39 is 19.0 Å². The Morgan fingerprint density at radius 2 is 1.34 bits per heavy atom. The van der Waals surface area contributed by atoms with Crippen molar-refractivity contribution in [3.63, 3.8) is 0 Å². The van der Waals surface area contributed by atoms with Crippen molar-refractivity contribution >= 4 is 36.0 Å². The molecule has 3 aliphatic rings. The van der Waals surface area contributed by atoms with Gasteiger partial charge in [-0.05, 0) is 98.0 Å². The van der Waals surface area contributed by atoms with Gasteiger partial charge in [0.25, 0.3) is 0 Å². The molecule has 1 spiro atoms. The molecule has 4 aromatic carbocycles. The summed E-state index contributed by atoms with van der Waals surface area (Å²) in [5.41, 5.74) is 10.7. The molecule has 0 saturated carbocycles. The number of rotatable bonds is 6. The molecule has 0 amide bonds. The molecule has 0 radical (unpaired) electrons. The number of nitrogens with zero attached hydrogens (tertiary/aromatic N) is 4. The van der Waals surface area contributed by atoms with Gasteiger partial charge in [0.15, 0.2) is 5.60 Å². The number of allylic oxidation sites excluding steroid dienone is 2. The first-order valence-electron chi connectivity index (χ1n) is 17.5. The van der Waals surface area contributed by atoms with Crippen LogP contribution in [-0.2, 0) is 10.3 Å². The highest BCUT2D eigenvalue weighted by atomic mass is 19.2. The number of hydrogen-bond donors (Lipinski definition) is 0. The molecule has 266 valence electrons. The highest BCUT2D eigenvalue weighted by Crippen LogP contribution is 2.57. The number of esters is 1. The van der Waals surface area contributed by atoms with Crippen molar-refractivity contribution in [2.24, 2.45) is 4.99 Å². The SMILES string of the molecule is CC1=CC(C)=N/C1=C(/c1ccc(-c2ccc3c(c2)C(=O)OC32c3ccc(N(C)C)cc3Oc3cc(N(C)C)ccc32)cc1)c1c(C)cc(C)n1B(F)F. The van der Waals surface area contributed by atoms with Crippen molar-refractivity contribution in [3.05, 3.63) is 147 Å². The fourth-order valence-corrected chi connectivity index (χ4v) is 7.97. The van der Waals surface area contributed by atoms with Crippen molar-refractivity contribution in [1.82, 2.24) is 4.48 Å². The molecule has 3 aliphatic heterocycles. The van der Waals surface area contributed by atoms with E-state index in [4.69, 9.17) is 14.5 Å². The first-order chi connectivity index (χ1) is 25.3. The van der Waals surface area contributed by atoms with E-state index in [0.29, 0.717) is 39.7 Å². The number of aryl methyl sites for hydroxylation is 2. The summed E-state index contributed by atoms with van der Waals surface area (Å²) in [6.07, 6.45) is 1.97. The van der Waals surface area contributed by atoms with E-state index in [1.165, 1.54) is 0 Å². The summed E-state index contributed by atoms with van der Waals surface area (Å²) in [6.45, 7) is 7.41. The molecule has 53 heavy (non-hydrogen) atoms. The number of aliphatic imine (C=N–C) groups is 1. The van der Waals surface area contributed by atoms with Gasteiger partial charge >= 0.3 is 13.4 Å². The molecular weight excluding hydrogens is 669 g/mol. The summed E-state index contributed by atoms with van der Waals surface area (Å²) in [5, 5.41) is 0. The van der Waals surface area contributed by atoms with Gasteiger partial charge in [0, 0.05) is 91.1 Å². The van der Waals surface area contributed by atoms with Crippen LogP contribution < -0.4 is 14.5 Å². The lowest BCUT2D eigenvalue weighted by molar-refractivity contribution is 0.0224. The molecule has 0 bridgehead atoms. The molecule has 0 fully saturated rings. The van der Waals surface area contributed by atoms with Crippen LogP contribution in [0.15, 0.2) is 107 Å². The largest absolute Gasteiger partial charge is 0.677 e. The second kappa shape index (κ2) is 12.4. The highest BCUT2D eigenvalue weighted by molar-refractivity contribution is 6.41. The molecule has 0 N–H and O–H groups in total. The maximum absolute atomic E-state index is 14.5. The fraction of sp³-hybridized carbons (Fsp3) is 0.209. The first-order valence-corrected chi connectivity index (χ1v) is 17.5. The maximum atomic E-state index is 14.5. The topological polar surface area (TPSA) is 59.3 Å². The van der Waals surface area contributed by atoms with Crippen LogP contribution in [0.25, 0.3) is 16.7 Å². The second-order valence-corrected chi connectivity index (χ2v) is 14.4. The molecule has 0 atom stereocenters. The number of carbonyl (C=O) groups is 1. The Hall–Kier alpha value is -5.90. The zero-order valence-corrected chi connectivity index (χ0v) is 31.0. The normalized spacial score (nSPS) is 15.9. The van der Waals surface area contributed by atoms with Gasteiger partial charge in [-0.25, -0.2) is 4.79 Å². The number of fused-ring (bicyclic) bond motifs is 6. The summed E-state index contributed by atoms with van der Waals surface area (Å²) in [5.74, 6) is 0.827. The zero-order valence-electron chi connectivity index (χ0n) is 31.0. The van der Waals surface area contributed by atoms with Crippen LogP contribution in [-0.4, -0.2) is 51.8 Å². The Kier molecular flexibility index (Phi) is 7.98. The van der Waals surface area contributed by atoms with Crippen LogP contribution in [0.3, 0.4) is 0 Å². The van der Waals surface area contributed by atoms with E-state index in [0.717, 1.165) is 66.1 Å². The molecular formula is C43H39BF2N4O3. The van der Waals surface area contributed by atoms with Gasteiger partial charge in [-0.15, -0.1) is 0 Å². The van der Waals surface area contributed by atoms with Crippen LogP contribution in [0.4, 0.5) is 20.0 Å². The lowest BCUT2D eigenvalue weighted by atomic mass is 9.77. The molecule has 10 heteroatoms. The average Bonchev–Trinajstić information content (AvgIpc) is 3.72. The lowest BCUT2D eigenvalue weighted by Crippen LogP contribution is -2.33. The number of carbonyl (C=O) groups excluding carboxylic acids is 1. The number of anilines is 2. The number of ether oxygens (including phenoxy) is 2. The van der Waals surface area contributed by atoms with E-state index in [1.807, 2.05) is 144 Å². The molecule has 1 aromatic heterocycles. The number of halogens is 2. The molecule has 0 saturated heterocycles. The Labute approximate surface area is 308 Å². The summed E-state index contributed by atoms with van der Waals surface area (Å²) in [7, 11) is 5.18. The van der Waals surface area contributed by atoms with Gasteiger partial charge in [0.2, 0.25) is 0 Å². The zero-order chi connectivity index (χ0) is 37.5. The van der Waals surface area contributed by atoms with Crippen LogP contribution in [0, 0.1) is 13.8 Å². The minimum atomic E-state index is -2.71. The van der Waals surface area contributed by atoms with Crippen molar-refractivity contribution < 1.29 is 22.9 Å². The van der Waals surface area contributed by atoms with Crippen molar-refractivity contribution in [3.8, 4) is 22.6 Å². The lowest BCUT2D eigenvalue weighted by Gasteiger charge is -2.37. The van der Waals surface area contributed by atoms with Gasteiger partial charge in [-0.2, -0.15) is 0 Å². The molecule has 4 heterocycles. The standard InChI is InChI=1S/C43H39BF2N4O3/c1-24-19-26(3)47-40(24)39(41-25(2)20-27(4)50(41)44(45)46)29-11-9-28(10-12-29)30-13-16-34-33(21-30)42(51)53-43(34)35-17-14-31(48(5)6)22-37(35)52-38-23-32(49(7)8)15-18-36(38)43/h9-23H,1-8H3/b40-39-. The van der Waals surface area contributed by atoms with Gasteiger partial charge < -0.3 is 23.8 Å². The van der Waals surface area contributed by atoms with E-state index in [2.05, 4.69) is 0 Å². The Bertz CT molecular complexity index is 2400. The summed E-state index contributed by atoms with van der Waals surface area (Å²) >= 11 is 0. The second-order valence-electron chi connectivity index (χ2n) is 14.4. The molecule has 7 nitrogen and oxygen atoms in total. The summed E-state index contributed by atoms with van der Waals surface area (Å²) in [6, 6.07) is 27.4. The Morgan fingerprint density at radius 1 is 0.755 bits per heavy atom. The van der Waals surface area contributed by atoms with E-state index in [-0.39, 0.29) is 0 Å². The van der Waals surface area contributed by atoms with E-state index in [9.17, 15) is 13.4 Å². The third kappa shape index (κ3) is 5.30. The van der Waals surface area contributed by atoms with Gasteiger partial charge in [-0.3, -0.25) is 13.6 Å². The minimum absolute atomic E-state index is 0.423.